The van der Waals surface area contributed by atoms with Crippen molar-refractivity contribution in [2.24, 2.45) is 0 Å². The zero-order chi connectivity index (χ0) is 11.4. The summed E-state index contributed by atoms with van der Waals surface area (Å²) in [5.74, 6) is 0. The topological polar surface area (TPSA) is 128 Å². The van der Waals surface area contributed by atoms with Gasteiger partial charge in [0, 0.05) is 0 Å². The van der Waals surface area contributed by atoms with Gasteiger partial charge < -0.3 is 25.2 Å². The van der Waals surface area contributed by atoms with E-state index in [9.17, 15) is 20.1 Å². The molecular formula is C7H13NO7. The van der Waals surface area contributed by atoms with Crippen molar-refractivity contribution in [3.63, 3.8) is 0 Å². The van der Waals surface area contributed by atoms with Crippen LogP contribution < -0.4 is 5.48 Å². The van der Waals surface area contributed by atoms with Gasteiger partial charge in [0.1, 0.15) is 24.4 Å². The molecule has 1 saturated heterocycles. The molecule has 1 rings (SSSR count). The lowest BCUT2D eigenvalue weighted by Crippen LogP contribution is -2.59. The largest absolute Gasteiger partial charge is 0.394 e. The van der Waals surface area contributed by atoms with E-state index in [-0.39, 0.29) is 6.41 Å². The third-order valence-electron chi connectivity index (χ3n) is 2.08. The summed E-state index contributed by atoms with van der Waals surface area (Å²) in [6, 6.07) is 0. The third-order valence-corrected chi connectivity index (χ3v) is 2.08. The molecular weight excluding hydrogens is 210 g/mol. The number of aliphatic hydroxyl groups excluding tert-OH is 4. The van der Waals surface area contributed by atoms with E-state index < -0.39 is 37.3 Å². The maximum atomic E-state index is 9.92. The number of amides is 1. The molecule has 88 valence electrons. The van der Waals surface area contributed by atoms with Crippen molar-refractivity contribution in [1.29, 1.82) is 0 Å². The van der Waals surface area contributed by atoms with Crippen molar-refractivity contribution in [1.82, 2.24) is 5.48 Å². The van der Waals surface area contributed by atoms with Crippen molar-refractivity contribution >= 4 is 6.41 Å². The summed E-state index contributed by atoms with van der Waals surface area (Å²) in [4.78, 5) is 14.4. The minimum Gasteiger partial charge on any atom is -0.394 e. The number of rotatable bonds is 4. The van der Waals surface area contributed by atoms with Crippen LogP contribution in [0.25, 0.3) is 0 Å². The minimum absolute atomic E-state index is 0.210. The first-order valence-corrected chi connectivity index (χ1v) is 4.27. The smallest absolute Gasteiger partial charge is 0.230 e. The molecule has 1 heterocycles. The second-order valence-electron chi connectivity index (χ2n) is 3.05. The van der Waals surface area contributed by atoms with E-state index in [0.29, 0.717) is 0 Å². The molecule has 5 N–H and O–H groups in total. The Bertz CT molecular complexity index is 212. The molecule has 1 aliphatic rings. The molecule has 5 atom stereocenters. The summed E-state index contributed by atoms with van der Waals surface area (Å²) < 4.78 is 4.88. The van der Waals surface area contributed by atoms with Gasteiger partial charge in [0.25, 0.3) is 0 Å². The molecule has 8 nitrogen and oxygen atoms in total. The predicted molar refractivity (Wildman–Crippen MR) is 44.1 cm³/mol. The van der Waals surface area contributed by atoms with Crippen LogP contribution in [0.2, 0.25) is 0 Å². The molecule has 0 aliphatic carbocycles. The molecule has 1 amide bonds. The SMILES string of the molecule is O=CNO[C@@H]1O[C@H](CO)[C@@H](O)[C@H](O)[C@H]1O. The van der Waals surface area contributed by atoms with Crippen molar-refractivity contribution in [3.05, 3.63) is 0 Å². The Hall–Kier alpha value is -0.770. The molecule has 0 aromatic rings. The van der Waals surface area contributed by atoms with Crippen LogP contribution in [0.1, 0.15) is 0 Å². The van der Waals surface area contributed by atoms with Gasteiger partial charge in [0.2, 0.25) is 12.7 Å². The Morgan fingerprint density at radius 3 is 2.47 bits per heavy atom. The summed E-state index contributed by atoms with van der Waals surface area (Å²) >= 11 is 0. The lowest BCUT2D eigenvalue weighted by molar-refractivity contribution is -0.312. The van der Waals surface area contributed by atoms with Gasteiger partial charge in [0.15, 0.2) is 0 Å². The van der Waals surface area contributed by atoms with E-state index in [1.165, 1.54) is 0 Å². The third kappa shape index (κ3) is 2.62. The van der Waals surface area contributed by atoms with Crippen LogP contribution in [0.5, 0.6) is 0 Å². The van der Waals surface area contributed by atoms with Crippen LogP contribution in [-0.2, 0) is 14.4 Å². The summed E-state index contributed by atoms with van der Waals surface area (Å²) in [5.41, 5.74) is 1.79. The fraction of sp³-hybridized carbons (Fsp3) is 0.857. The van der Waals surface area contributed by atoms with Crippen LogP contribution in [0.15, 0.2) is 0 Å². The van der Waals surface area contributed by atoms with Gasteiger partial charge in [-0.1, -0.05) is 0 Å². The fourth-order valence-electron chi connectivity index (χ4n) is 1.26. The highest BCUT2D eigenvalue weighted by Gasteiger charge is 2.44. The van der Waals surface area contributed by atoms with Crippen LogP contribution >= 0.6 is 0 Å². The Balaban J connectivity index is 2.60. The Morgan fingerprint density at radius 2 is 1.93 bits per heavy atom. The van der Waals surface area contributed by atoms with Gasteiger partial charge in [-0.2, -0.15) is 0 Å². The summed E-state index contributed by atoms with van der Waals surface area (Å²) in [7, 11) is 0. The molecule has 0 spiro atoms. The van der Waals surface area contributed by atoms with E-state index in [1.807, 2.05) is 0 Å². The Morgan fingerprint density at radius 1 is 1.27 bits per heavy atom. The maximum Gasteiger partial charge on any atom is 0.230 e. The highest BCUT2D eigenvalue weighted by Crippen LogP contribution is 2.20. The maximum absolute atomic E-state index is 9.92. The van der Waals surface area contributed by atoms with Gasteiger partial charge in [0.05, 0.1) is 6.61 Å². The zero-order valence-corrected chi connectivity index (χ0v) is 7.68. The highest BCUT2D eigenvalue weighted by atomic mass is 16.8. The van der Waals surface area contributed by atoms with Crippen LogP contribution in [-0.4, -0.2) is 64.1 Å². The zero-order valence-electron chi connectivity index (χ0n) is 7.68. The molecule has 0 bridgehead atoms. The van der Waals surface area contributed by atoms with E-state index in [0.717, 1.165) is 0 Å². The molecule has 1 fully saturated rings. The van der Waals surface area contributed by atoms with Gasteiger partial charge in [-0.3, -0.25) is 4.79 Å². The summed E-state index contributed by atoms with van der Waals surface area (Å²) in [6.07, 6.45) is -6.67. The van der Waals surface area contributed by atoms with E-state index >= 15 is 0 Å². The van der Waals surface area contributed by atoms with Crippen molar-refractivity contribution in [2.75, 3.05) is 6.61 Å². The van der Waals surface area contributed by atoms with Crippen molar-refractivity contribution < 1.29 is 34.8 Å². The van der Waals surface area contributed by atoms with Crippen LogP contribution in [0.3, 0.4) is 0 Å². The number of carbonyl (C=O) groups excluding carboxylic acids is 1. The van der Waals surface area contributed by atoms with Crippen molar-refractivity contribution in [2.45, 2.75) is 30.7 Å². The monoisotopic (exact) mass is 223 g/mol. The first-order chi connectivity index (χ1) is 7.11. The average molecular weight is 223 g/mol. The van der Waals surface area contributed by atoms with Crippen LogP contribution in [0, 0.1) is 0 Å². The van der Waals surface area contributed by atoms with Gasteiger partial charge >= 0.3 is 0 Å². The number of ether oxygens (including phenoxy) is 1. The minimum atomic E-state index is -1.52. The quantitative estimate of drug-likeness (QED) is 0.246. The number of aliphatic hydroxyl groups is 4. The Labute approximate surface area is 85.0 Å². The molecule has 15 heavy (non-hydrogen) atoms. The fourth-order valence-corrected chi connectivity index (χ4v) is 1.26. The molecule has 0 radical (unpaired) electrons. The molecule has 1 aliphatic heterocycles. The van der Waals surface area contributed by atoms with Gasteiger partial charge in [-0.15, -0.1) is 0 Å². The normalized spacial score (nSPS) is 41.2. The number of hydrogen-bond donors (Lipinski definition) is 5. The number of carbonyl (C=O) groups is 1. The Kier molecular flexibility index (Phi) is 4.39. The lowest BCUT2D eigenvalue weighted by atomic mass is 9.99. The van der Waals surface area contributed by atoms with E-state index in [4.69, 9.17) is 9.84 Å². The first kappa shape index (κ1) is 12.3. The standard InChI is InChI=1S/C7H13NO7/c9-1-3-4(11)5(12)6(13)7(14-3)15-8-2-10/h2-7,9,11-13H,1H2,(H,8,10)/t3-,4-,5+,6-,7+/m1/s1. The summed E-state index contributed by atoms with van der Waals surface area (Å²) in [6.45, 7) is -0.550. The molecule has 8 heteroatoms. The second kappa shape index (κ2) is 5.35. The number of hydrogen-bond acceptors (Lipinski definition) is 7. The lowest BCUT2D eigenvalue weighted by Gasteiger charge is -2.38. The number of nitrogens with one attached hydrogen (secondary N) is 1. The molecule has 0 aromatic heterocycles. The predicted octanol–water partition coefficient (Wildman–Crippen LogP) is -3.54. The molecule has 0 unspecified atom stereocenters. The highest BCUT2D eigenvalue weighted by molar-refractivity contribution is 5.43. The molecule has 0 aromatic carbocycles. The summed E-state index contributed by atoms with van der Waals surface area (Å²) in [5, 5.41) is 36.8. The van der Waals surface area contributed by atoms with Crippen molar-refractivity contribution in [3.8, 4) is 0 Å². The second-order valence-corrected chi connectivity index (χ2v) is 3.05. The van der Waals surface area contributed by atoms with Gasteiger partial charge in [-0.05, 0) is 0 Å². The van der Waals surface area contributed by atoms with Crippen LogP contribution in [0.4, 0.5) is 0 Å². The average Bonchev–Trinajstić information content (AvgIpc) is 2.25. The van der Waals surface area contributed by atoms with E-state index in [1.54, 1.807) is 5.48 Å². The molecule has 0 saturated carbocycles. The van der Waals surface area contributed by atoms with Gasteiger partial charge in [-0.25, -0.2) is 10.3 Å². The van der Waals surface area contributed by atoms with E-state index in [2.05, 4.69) is 4.84 Å². The number of hydroxylamine groups is 1. The first-order valence-electron chi connectivity index (χ1n) is 4.27.